The van der Waals surface area contributed by atoms with Gasteiger partial charge in [0.1, 0.15) is 0 Å². The number of aromatic carboxylic acids is 1. The van der Waals surface area contributed by atoms with Crippen LogP contribution in [0.5, 0.6) is 0 Å². The third kappa shape index (κ3) is 2.66. The third-order valence-electron chi connectivity index (χ3n) is 4.70. The second kappa shape index (κ2) is 5.96. The first-order valence-electron chi connectivity index (χ1n) is 8.03. The van der Waals surface area contributed by atoms with Crippen molar-refractivity contribution >= 4 is 5.97 Å². The molecule has 114 valence electrons. The maximum absolute atomic E-state index is 11.4. The van der Waals surface area contributed by atoms with Crippen LogP contribution in [0.25, 0.3) is 0 Å². The molecule has 1 aliphatic carbocycles. The minimum atomic E-state index is -0.834. The van der Waals surface area contributed by atoms with Gasteiger partial charge >= 0.3 is 5.97 Å². The van der Waals surface area contributed by atoms with Crippen molar-refractivity contribution in [2.24, 2.45) is 0 Å². The summed E-state index contributed by atoms with van der Waals surface area (Å²) in [4.78, 5) is 11.4. The predicted octanol–water partition coefficient (Wildman–Crippen LogP) is 4.98. The van der Waals surface area contributed by atoms with E-state index in [2.05, 4.69) is 44.2 Å². The van der Waals surface area contributed by atoms with E-state index in [0.717, 1.165) is 18.4 Å². The number of carboxylic acids is 1. The molecule has 0 saturated carbocycles. The lowest BCUT2D eigenvalue weighted by atomic mass is 9.78. The second-order valence-corrected chi connectivity index (χ2v) is 6.45. The van der Waals surface area contributed by atoms with Gasteiger partial charge in [0.2, 0.25) is 0 Å². The summed E-state index contributed by atoms with van der Waals surface area (Å²) in [5, 5.41) is 9.37. The summed E-state index contributed by atoms with van der Waals surface area (Å²) in [6.45, 7) is 4.11. The second-order valence-electron chi connectivity index (χ2n) is 6.45. The van der Waals surface area contributed by atoms with Gasteiger partial charge in [0.15, 0.2) is 0 Å². The zero-order chi connectivity index (χ0) is 15.7. The number of rotatable bonds is 3. The molecule has 0 bridgehead atoms. The molecule has 2 aromatic carbocycles. The Morgan fingerprint density at radius 3 is 2.68 bits per heavy atom. The maximum Gasteiger partial charge on any atom is 0.335 e. The molecule has 2 aromatic rings. The van der Waals surface area contributed by atoms with E-state index in [1.54, 1.807) is 6.07 Å². The maximum atomic E-state index is 11.4. The van der Waals surface area contributed by atoms with Crippen molar-refractivity contribution in [2.75, 3.05) is 0 Å². The van der Waals surface area contributed by atoms with Crippen LogP contribution in [0, 0.1) is 0 Å². The van der Waals surface area contributed by atoms with Gasteiger partial charge < -0.3 is 5.11 Å². The highest BCUT2D eigenvalue weighted by Crippen LogP contribution is 2.37. The molecule has 0 saturated heterocycles. The molecule has 0 amide bonds. The number of carbonyl (C=O) groups is 1. The molecule has 1 atom stereocenters. The number of carboxylic acid groups (broad SMARTS) is 1. The van der Waals surface area contributed by atoms with Crippen molar-refractivity contribution in [1.82, 2.24) is 0 Å². The predicted molar refractivity (Wildman–Crippen MR) is 88.7 cm³/mol. The molecule has 0 fully saturated rings. The molecule has 0 aliphatic heterocycles. The summed E-state index contributed by atoms with van der Waals surface area (Å²) in [6.07, 6.45) is 3.48. The summed E-state index contributed by atoms with van der Waals surface area (Å²) in [7, 11) is 0. The number of hydrogen-bond acceptors (Lipinski definition) is 1. The quantitative estimate of drug-likeness (QED) is 0.867. The fraction of sp³-hybridized carbons (Fsp3) is 0.350. The molecule has 0 heterocycles. The van der Waals surface area contributed by atoms with Crippen molar-refractivity contribution in [3.63, 3.8) is 0 Å². The molecule has 1 N–H and O–H groups in total. The molecular formula is C20H22O2. The lowest BCUT2D eigenvalue weighted by molar-refractivity contribution is 0.0695. The number of fused-ring (bicyclic) bond motifs is 1. The van der Waals surface area contributed by atoms with Crippen LogP contribution in [-0.2, 0) is 6.42 Å². The SMILES string of the molecule is CC(C)c1cc(C2CCCc3ccccc32)ccc1C(=O)O. The lowest BCUT2D eigenvalue weighted by Gasteiger charge is -2.27. The monoisotopic (exact) mass is 294 g/mol. The molecule has 3 rings (SSSR count). The van der Waals surface area contributed by atoms with Gasteiger partial charge in [-0.3, -0.25) is 0 Å². The van der Waals surface area contributed by atoms with Crippen molar-refractivity contribution in [1.29, 1.82) is 0 Å². The molecule has 22 heavy (non-hydrogen) atoms. The van der Waals surface area contributed by atoms with Crippen LogP contribution in [0.2, 0.25) is 0 Å². The highest BCUT2D eigenvalue weighted by Gasteiger charge is 2.23. The van der Waals surface area contributed by atoms with Gasteiger partial charge in [-0.05, 0) is 53.5 Å². The van der Waals surface area contributed by atoms with E-state index in [1.807, 2.05) is 6.07 Å². The Hall–Kier alpha value is -2.09. The lowest BCUT2D eigenvalue weighted by Crippen LogP contribution is -2.12. The highest BCUT2D eigenvalue weighted by molar-refractivity contribution is 5.89. The van der Waals surface area contributed by atoms with Gasteiger partial charge in [0.05, 0.1) is 5.56 Å². The molecular weight excluding hydrogens is 272 g/mol. The zero-order valence-corrected chi connectivity index (χ0v) is 13.2. The Balaban J connectivity index is 2.07. The minimum Gasteiger partial charge on any atom is -0.478 e. The summed E-state index contributed by atoms with van der Waals surface area (Å²) >= 11 is 0. The van der Waals surface area contributed by atoms with Crippen LogP contribution in [0.4, 0.5) is 0 Å². The zero-order valence-electron chi connectivity index (χ0n) is 13.2. The van der Waals surface area contributed by atoms with Gasteiger partial charge in [-0.25, -0.2) is 4.79 Å². The summed E-state index contributed by atoms with van der Waals surface area (Å²) < 4.78 is 0. The Morgan fingerprint density at radius 2 is 1.95 bits per heavy atom. The summed E-state index contributed by atoms with van der Waals surface area (Å²) in [6, 6.07) is 14.5. The molecule has 1 unspecified atom stereocenters. The first-order chi connectivity index (χ1) is 10.6. The van der Waals surface area contributed by atoms with Crippen molar-refractivity contribution in [3.8, 4) is 0 Å². The van der Waals surface area contributed by atoms with Gasteiger partial charge in [-0.15, -0.1) is 0 Å². The van der Waals surface area contributed by atoms with Crippen LogP contribution in [0.3, 0.4) is 0 Å². The van der Waals surface area contributed by atoms with Crippen molar-refractivity contribution in [3.05, 3.63) is 70.3 Å². The van der Waals surface area contributed by atoms with E-state index in [1.165, 1.54) is 23.1 Å². The minimum absolute atomic E-state index is 0.213. The third-order valence-corrected chi connectivity index (χ3v) is 4.70. The van der Waals surface area contributed by atoms with Crippen LogP contribution >= 0.6 is 0 Å². The topological polar surface area (TPSA) is 37.3 Å². The highest BCUT2D eigenvalue weighted by atomic mass is 16.4. The van der Waals surface area contributed by atoms with Crippen LogP contribution in [-0.4, -0.2) is 11.1 Å². The van der Waals surface area contributed by atoms with E-state index < -0.39 is 5.97 Å². The fourth-order valence-electron chi connectivity index (χ4n) is 3.57. The molecule has 0 radical (unpaired) electrons. The van der Waals surface area contributed by atoms with E-state index in [9.17, 15) is 9.90 Å². The number of aryl methyl sites for hydroxylation is 1. The van der Waals surface area contributed by atoms with E-state index in [4.69, 9.17) is 0 Å². The Labute approximate surface area is 131 Å². The van der Waals surface area contributed by atoms with Gasteiger partial charge in [0, 0.05) is 5.92 Å². The van der Waals surface area contributed by atoms with Crippen molar-refractivity contribution in [2.45, 2.75) is 44.9 Å². The molecule has 2 nitrogen and oxygen atoms in total. The van der Waals surface area contributed by atoms with Crippen LogP contribution < -0.4 is 0 Å². The smallest absolute Gasteiger partial charge is 0.335 e. The first-order valence-corrected chi connectivity index (χ1v) is 8.03. The van der Waals surface area contributed by atoms with E-state index in [-0.39, 0.29) is 5.92 Å². The fourth-order valence-corrected chi connectivity index (χ4v) is 3.57. The standard InChI is InChI=1S/C20H22O2/c1-13(2)19-12-15(10-11-18(19)20(21)22)17-9-5-7-14-6-3-4-8-16(14)17/h3-4,6,8,10-13,17H,5,7,9H2,1-2H3,(H,21,22). The number of hydrogen-bond donors (Lipinski definition) is 1. The number of benzene rings is 2. The van der Waals surface area contributed by atoms with Crippen LogP contribution in [0.15, 0.2) is 42.5 Å². The van der Waals surface area contributed by atoms with E-state index >= 15 is 0 Å². The summed E-state index contributed by atoms with van der Waals surface area (Å²) in [5.74, 6) is -0.227. The molecule has 2 heteroatoms. The van der Waals surface area contributed by atoms with Gasteiger partial charge in [0.25, 0.3) is 0 Å². The Morgan fingerprint density at radius 1 is 1.18 bits per heavy atom. The van der Waals surface area contributed by atoms with E-state index in [0.29, 0.717) is 11.5 Å². The molecule has 1 aliphatic rings. The largest absolute Gasteiger partial charge is 0.478 e. The molecule has 0 aromatic heterocycles. The van der Waals surface area contributed by atoms with Gasteiger partial charge in [-0.1, -0.05) is 50.2 Å². The average molecular weight is 294 g/mol. The normalized spacial score (nSPS) is 17.3. The first kappa shape index (κ1) is 14.8. The van der Waals surface area contributed by atoms with Gasteiger partial charge in [-0.2, -0.15) is 0 Å². The van der Waals surface area contributed by atoms with Crippen LogP contribution in [0.1, 0.15) is 71.1 Å². The molecule has 0 spiro atoms. The van der Waals surface area contributed by atoms with Crippen molar-refractivity contribution < 1.29 is 9.90 Å². The Kier molecular flexibility index (Phi) is 4.02. The summed E-state index contributed by atoms with van der Waals surface area (Å²) in [5.41, 5.74) is 5.47. The Bertz CT molecular complexity index is 701. The average Bonchev–Trinajstić information content (AvgIpc) is 2.53.